The second kappa shape index (κ2) is 9.09. The van der Waals surface area contributed by atoms with E-state index in [1.807, 2.05) is 52.0 Å². The fourth-order valence-electron chi connectivity index (χ4n) is 2.79. The number of amides is 2. The Morgan fingerprint density at radius 2 is 1.96 bits per heavy atom. The van der Waals surface area contributed by atoms with Gasteiger partial charge in [0.25, 0.3) is 5.91 Å². The predicted molar refractivity (Wildman–Crippen MR) is 109 cm³/mol. The molecule has 1 aliphatic rings. The number of hydrogen-bond acceptors (Lipinski definition) is 3. The van der Waals surface area contributed by atoms with Gasteiger partial charge < -0.3 is 16.0 Å². The molecule has 0 bridgehead atoms. The van der Waals surface area contributed by atoms with Gasteiger partial charge in [0, 0.05) is 22.6 Å². The van der Waals surface area contributed by atoms with Gasteiger partial charge in [-0.15, -0.1) is 0 Å². The van der Waals surface area contributed by atoms with Crippen LogP contribution in [0.3, 0.4) is 0 Å². The summed E-state index contributed by atoms with van der Waals surface area (Å²) >= 11 is 6.37. The zero-order valence-corrected chi connectivity index (χ0v) is 17.3. The summed E-state index contributed by atoms with van der Waals surface area (Å²) in [5, 5.41) is 9.59. The van der Waals surface area contributed by atoms with Crippen LogP contribution in [0.15, 0.2) is 41.7 Å². The van der Waals surface area contributed by atoms with E-state index in [2.05, 4.69) is 22.9 Å². The molecule has 27 heavy (non-hydrogen) atoms. The van der Waals surface area contributed by atoms with Crippen LogP contribution in [-0.2, 0) is 16.0 Å². The summed E-state index contributed by atoms with van der Waals surface area (Å²) in [6, 6.07) is 5.61. The molecule has 146 valence electrons. The Labute approximate surface area is 166 Å². The van der Waals surface area contributed by atoms with Crippen molar-refractivity contribution in [3.63, 3.8) is 0 Å². The first-order valence-electron chi connectivity index (χ1n) is 9.31. The van der Waals surface area contributed by atoms with Crippen LogP contribution in [0.25, 0.3) is 0 Å². The van der Waals surface area contributed by atoms with Gasteiger partial charge in [-0.2, -0.15) is 0 Å². The molecule has 0 aromatic heterocycles. The molecular weight excluding hydrogens is 362 g/mol. The van der Waals surface area contributed by atoms with Crippen molar-refractivity contribution in [1.29, 1.82) is 0 Å². The molecule has 0 saturated heterocycles. The van der Waals surface area contributed by atoms with Crippen molar-refractivity contribution in [3.05, 3.63) is 57.9 Å². The van der Waals surface area contributed by atoms with Gasteiger partial charge in [-0.25, -0.2) is 0 Å². The summed E-state index contributed by atoms with van der Waals surface area (Å²) in [5.74, 6) is 0.0906. The topological polar surface area (TPSA) is 70.2 Å². The normalized spacial score (nSPS) is 17.5. The molecule has 2 atom stereocenters. The van der Waals surface area contributed by atoms with Crippen molar-refractivity contribution in [1.82, 2.24) is 16.0 Å². The smallest absolute Gasteiger partial charge is 0.251 e. The van der Waals surface area contributed by atoms with Crippen LogP contribution in [0.5, 0.6) is 0 Å². The SMILES string of the molecule is CCc1ccc(C(C)NC(=O)C2=C[C@H](C)NC(NC(=O)C(C)C)=C2)c(Cl)c1. The van der Waals surface area contributed by atoms with Gasteiger partial charge in [0.15, 0.2) is 0 Å². The van der Waals surface area contributed by atoms with Gasteiger partial charge in [-0.3, -0.25) is 9.59 Å². The van der Waals surface area contributed by atoms with Crippen LogP contribution < -0.4 is 16.0 Å². The number of nitrogens with one attached hydrogen (secondary N) is 3. The zero-order chi connectivity index (χ0) is 20.1. The Balaban J connectivity index is 2.11. The number of carbonyl (C=O) groups is 2. The number of halogens is 1. The van der Waals surface area contributed by atoms with Crippen LogP contribution >= 0.6 is 11.6 Å². The molecule has 0 saturated carbocycles. The lowest BCUT2D eigenvalue weighted by atomic mass is 10.0. The van der Waals surface area contributed by atoms with Gasteiger partial charge in [-0.05, 0) is 49.6 Å². The molecule has 1 aromatic carbocycles. The second-order valence-electron chi connectivity index (χ2n) is 7.16. The summed E-state index contributed by atoms with van der Waals surface area (Å²) in [4.78, 5) is 24.6. The molecule has 0 aliphatic carbocycles. The zero-order valence-electron chi connectivity index (χ0n) is 16.5. The molecule has 0 spiro atoms. The Morgan fingerprint density at radius 3 is 2.56 bits per heavy atom. The first-order chi connectivity index (χ1) is 12.7. The van der Waals surface area contributed by atoms with Crippen molar-refractivity contribution in [3.8, 4) is 0 Å². The predicted octanol–water partition coefficient (Wildman–Crippen LogP) is 3.61. The lowest BCUT2D eigenvalue weighted by Crippen LogP contribution is -2.40. The van der Waals surface area contributed by atoms with E-state index in [1.165, 1.54) is 0 Å². The van der Waals surface area contributed by atoms with Gasteiger partial charge >= 0.3 is 0 Å². The van der Waals surface area contributed by atoms with Gasteiger partial charge in [-0.1, -0.05) is 44.5 Å². The molecule has 3 N–H and O–H groups in total. The third-order valence-corrected chi connectivity index (χ3v) is 4.77. The average Bonchev–Trinajstić information content (AvgIpc) is 2.60. The summed E-state index contributed by atoms with van der Waals surface area (Å²) < 4.78 is 0. The largest absolute Gasteiger partial charge is 0.366 e. The fraction of sp³-hybridized carbons (Fsp3) is 0.429. The highest BCUT2D eigenvalue weighted by Gasteiger charge is 2.20. The first-order valence-corrected chi connectivity index (χ1v) is 9.69. The number of rotatable bonds is 6. The highest BCUT2D eigenvalue weighted by atomic mass is 35.5. The van der Waals surface area contributed by atoms with Gasteiger partial charge in [0.05, 0.1) is 6.04 Å². The molecule has 6 heteroatoms. The second-order valence-corrected chi connectivity index (χ2v) is 7.57. The minimum absolute atomic E-state index is 0.0686. The summed E-state index contributed by atoms with van der Waals surface area (Å²) in [7, 11) is 0. The van der Waals surface area contributed by atoms with Crippen molar-refractivity contribution in [2.45, 2.75) is 53.1 Å². The molecule has 1 aliphatic heterocycles. The van der Waals surface area contributed by atoms with E-state index in [-0.39, 0.29) is 29.8 Å². The number of benzene rings is 1. The van der Waals surface area contributed by atoms with E-state index in [9.17, 15) is 9.59 Å². The third-order valence-electron chi connectivity index (χ3n) is 4.44. The fourth-order valence-corrected chi connectivity index (χ4v) is 3.16. The monoisotopic (exact) mass is 389 g/mol. The quantitative estimate of drug-likeness (QED) is 0.696. The number of aryl methyl sites for hydroxylation is 1. The molecular formula is C21H28ClN3O2. The molecule has 0 fully saturated rings. The Hall–Kier alpha value is -2.27. The minimum atomic E-state index is -0.232. The number of dihydropyridines is 1. The lowest BCUT2D eigenvalue weighted by Gasteiger charge is -2.23. The molecule has 5 nitrogen and oxygen atoms in total. The summed E-state index contributed by atoms with van der Waals surface area (Å²) in [6.45, 7) is 9.54. The van der Waals surface area contributed by atoms with E-state index in [1.54, 1.807) is 6.08 Å². The number of carbonyl (C=O) groups excluding carboxylic acids is 2. The van der Waals surface area contributed by atoms with Crippen LogP contribution in [0.4, 0.5) is 0 Å². The van der Waals surface area contributed by atoms with Crippen molar-refractivity contribution < 1.29 is 9.59 Å². The molecule has 1 aromatic rings. The van der Waals surface area contributed by atoms with Crippen molar-refractivity contribution in [2.24, 2.45) is 5.92 Å². The molecule has 1 heterocycles. The van der Waals surface area contributed by atoms with Gasteiger partial charge in [0.2, 0.25) is 5.91 Å². The summed E-state index contributed by atoms with van der Waals surface area (Å²) in [5.41, 5.74) is 2.54. The molecule has 2 rings (SSSR count). The summed E-state index contributed by atoms with van der Waals surface area (Å²) in [6.07, 6.45) is 4.40. The first kappa shape index (κ1) is 21.0. The van der Waals surface area contributed by atoms with E-state index >= 15 is 0 Å². The van der Waals surface area contributed by atoms with Gasteiger partial charge in [0.1, 0.15) is 5.82 Å². The van der Waals surface area contributed by atoms with E-state index in [0.29, 0.717) is 16.4 Å². The molecule has 0 radical (unpaired) electrons. The minimum Gasteiger partial charge on any atom is -0.366 e. The van der Waals surface area contributed by atoms with Crippen molar-refractivity contribution >= 4 is 23.4 Å². The molecule has 1 unspecified atom stereocenters. The maximum absolute atomic E-state index is 12.7. The Bertz CT molecular complexity index is 784. The van der Waals surface area contributed by atoms with Crippen LogP contribution in [-0.4, -0.2) is 17.9 Å². The molecule has 2 amide bonds. The maximum atomic E-state index is 12.7. The third kappa shape index (κ3) is 5.60. The van der Waals surface area contributed by atoms with E-state index in [4.69, 9.17) is 11.6 Å². The van der Waals surface area contributed by atoms with Crippen LogP contribution in [0, 0.1) is 5.92 Å². The van der Waals surface area contributed by atoms with Crippen LogP contribution in [0.1, 0.15) is 51.8 Å². The standard InChI is InChI=1S/C21H28ClN3O2/c1-6-15-7-8-17(18(22)10-15)14(5)24-21(27)16-9-13(4)23-19(11-16)25-20(26)12(2)3/h7-14,23H,6H2,1-5H3,(H,24,27)(H,25,26)/t13-,14?/m0/s1. The highest BCUT2D eigenvalue weighted by Crippen LogP contribution is 2.25. The average molecular weight is 390 g/mol. The van der Waals surface area contributed by atoms with E-state index in [0.717, 1.165) is 17.5 Å². The Morgan fingerprint density at radius 1 is 1.26 bits per heavy atom. The van der Waals surface area contributed by atoms with Crippen molar-refractivity contribution in [2.75, 3.05) is 0 Å². The van der Waals surface area contributed by atoms with Crippen LogP contribution in [0.2, 0.25) is 5.02 Å². The highest BCUT2D eigenvalue weighted by molar-refractivity contribution is 6.31. The Kier molecular flexibility index (Phi) is 7.08. The number of hydrogen-bond donors (Lipinski definition) is 3. The maximum Gasteiger partial charge on any atom is 0.251 e. The lowest BCUT2D eigenvalue weighted by molar-refractivity contribution is -0.123. The van der Waals surface area contributed by atoms with E-state index < -0.39 is 0 Å².